The van der Waals surface area contributed by atoms with Gasteiger partial charge in [-0.1, -0.05) is 6.07 Å². The van der Waals surface area contributed by atoms with Gasteiger partial charge in [-0.15, -0.1) is 0 Å². The van der Waals surface area contributed by atoms with Crippen LogP contribution in [-0.2, 0) is 11.2 Å². The number of benzene rings is 2. The third kappa shape index (κ3) is 4.59. The van der Waals surface area contributed by atoms with E-state index in [1.807, 2.05) is 43.3 Å². The highest BCUT2D eigenvalue weighted by molar-refractivity contribution is 5.95. The van der Waals surface area contributed by atoms with Gasteiger partial charge >= 0.3 is 0 Å². The summed E-state index contributed by atoms with van der Waals surface area (Å²) in [5.74, 6) is 1.84. The van der Waals surface area contributed by atoms with Crippen molar-refractivity contribution in [2.24, 2.45) is 5.92 Å². The van der Waals surface area contributed by atoms with Crippen LogP contribution in [0.1, 0.15) is 17.7 Å². The highest BCUT2D eigenvalue weighted by Gasteiger charge is 2.28. The van der Waals surface area contributed by atoms with Gasteiger partial charge in [0.2, 0.25) is 5.91 Å². The topological polar surface area (TPSA) is 88.7 Å². The molecule has 2 atom stereocenters. The quantitative estimate of drug-likeness (QED) is 0.581. The van der Waals surface area contributed by atoms with Crippen LogP contribution < -0.4 is 19.5 Å². The number of nitrogens with zero attached hydrogens (tertiary/aromatic N) is 2. The number of methoxy groups -OCH3 is 1. The van der Waals surface area contributed by atoms with E-state index in [1.54, 1.807) is 13.3 Å². The highest BCUT2D eigenvalue weighted by atomic mass is 16.5. The molecule has 0 radical (unpaired) electrons. The fourth-order valence-corrected chi connectivity index (χ4v) is 4.60. The number of hydrogen-bond donors (Lipinski definition) is 2. The molecule has 1 saturated heterocycles. The molecule has 0 bridgehead atoms. The van der Waals surface area contributed by atoms with Gasteiger partial charge in [-0.2, -0.15) is 5.10 Å². The predicted molar refractivity (Wildman–Crippen MR) is 130 cm³/mol. The summed E-state index contributed by atoms with van der Waals surface area (Å²) in [6.45, 7) is 4.17. The zero-order valence-electron chi connectivity index (χ0n) is 19.8. The van der Waals surface area contributed by atoms with E-state index in [-0.39, 0.29) is 17.9 Å². The summed E-state index contributed by atoms with van der Waals surface area (Å²) in [5.41, 5.74) is 4.63. The summed E-state index contributed by atoms with van der Waals surface area (Å²) >= 11 is 0. The average Bonchev–Trinajstić information content (AvgIpc) is 3.46. The Hall–Kier alpha value is -3.52. The van der Waals surface area contributed by atoms with E-state index in [0.29, 0.717) is 24.5 Å². The standard InChI is InChI=1S/C26H30N4O4/c1-16-22(13-27-29-16)17-4-6-23(25(12-17)34-21-8-9-30(2)14-21)28-26(31)19-10-18-11-20(32-3)5-7-24(18)33-15-19/h4-7,11-13,19,21H,8-10,14-15H2,1-3H3,(H,27,29)(H,28,31)/t19-,21+/m1/s1. The molecule has 2 aromatic carbocycles. The molecule has 0 unspecified atom stereocenters. The largest absolute Gasteiger partial charge is 0.497 e. The number of ether oxygens (including phenoxy) is 3. The fraction of sp³-hybridized carbons (Fsp3) is 0.385. The molecule has 8 nitrogen and oxygen atoms in total. The molecule has 0 saturated carbocycles. The molecular weight excluding hydrogens is 432 g/mol. The summed E-state index contributed by atoms with van der Waals surface area (Å²) in [7, 11) is 3.72. The Balaban J connectivity index is 1.37. The molecule has 2 aliphatic rings. The van der Waals surface area contributed by atoms with Crippen molar-refractivity contribution in [3.8, 4) is 28.4 Å². The number of aromatic nitrogens is 2. The minimum Gasteiger partial charge on any atom is -0.497 e. The molecule has 1 fully saturated rings. The molecule has 1 aromatic heterocycles. The Labute approximate surface area is 199 Å². The lowest BCUT2D eigenvalue weighted by atomic mass is 9.95. The van der Waals surface area contributed by atoms with Gasteiger partial charge in [0.05, 0.1) is 24.9 Å². The summed E-state index contributed by atoms with van der Waals surface area (Å²) < 4.78 is 17.6. The number of carbonyl (C=O) groups excluding carboxylic acids is 1. The van der Waals surface area contributed by atoms with E-state index in [1.165, 1.54) is 0 Å². The first-order valence-electron chi connectivity index (χ1n) is 11.6. The van der Waals surface area contributed by atoms with E-state index < -0.39 is 0 Å². The molecule has 3 aromatic rings. The van der Waals surface area contributed by atoms with Crippen molar-refractivity contribution in [1.29, 1.82) is 0 Å². The van der Waals surface area contributed by atoms with Gasteiger partial charge in [-0.3, -0.25) is 9.89 Å². The first kappa shape index (κ1) is 22.3. The van der Waals surface area contributed by atoms with Crippen LogP contribution in [0.4, 0.5) is 5.69 Å². The Kier molecular flexibility index (Phi) is 6.15. The number of nitrogens with one attached hydrogen (secondary N) is 2. The zero-order chi connectivity index (χ0) is 23.7. The van der Waals surface area contributed by atoms with Crippen LogP contribution in [0.15, 0.2) is 42.6 Å². The molecule has 1 amide bonds. The molecule has 34 heavy (non-hydrogen) atoms. The van der Waals surface area contributed by atoms with Crippen molar-refractivity contribution in [3.63, 3.8) is 0 Å². The van der Waals surface area contributed by atoms with Crippen LogP contribution in [0.5, 0.6) is 17.2 Å². The monoisotopic (exact) mass is 462 g/mol. The smallest absolute Gasteiger partial charge is 0.231 e. The number of hydrogen-bond acceptors (Lipinski definition) is 6. The van der Waals surface area contributed by atoms with Gasteiger partial charge < -0.3 is 24.4 Å². The average molecular weight is 463 g/mol. The molecule has 0 spiro atoms. The molecular formula is C26H30N4O4. The van der Waals surface area contributed by atoms with Crippen molar-refractivity contribution < 1.29 is 19.0 Å². The first-order valence-corrected chi connectivity index (χ1v) is 11.6. The number of likely N-dealkylation sites (N-methyl/N-ethyl adjacent to an activating group) is 1. The lowest BCUT2D eigenvalue weighted by Gasteiger charge is -2.25. The predicted octanol–water partition coefficient (Wildman–Crippen LogP) is 3.67. The van der Waals surface area contributed by atoms with E-state index in [4.69, 9.17) is 14.2 Å². The minimum absolute atomic E-state index is 0.0821. The maximum Gasteiger partial charge on any atom is 0.231 e. The van der Waals surface area contributed by atoms with Crippen molar-refractivity contribution in [2.75, 3.05) is 39.2 Å². The van der Waals surface area contributed by atoms with Gasteiger partial charge in [0.1, 0.15) is 30.0 Å². The number of amides is 1. The Morgan fingerprint density at radius 1 is 1.26 bits per heavy atom. The SMILES string of the molecule is COc1ccc2c(c1)C[C@@H](C(=O)Nc1ccc(-c3cn[nH]c3C)cc1O[C@H]1CCN(C)C1)CO2. The normalized spacial score (nSPS) is 19.9. The molecule has 2 N–H and O–H groups in total. The zero-order valence-corrected chi connectivity index (χ0v) is 19.8. The molecule has 178 valence electrons. The fourth-order valence-electron chi connectivity index (χ4n) is 4.60. The second-order valence-corrected chi connectivity index (χ2v) is 9.09. The lowest BCUT2D eigenvalue weighted by molar-refractivity contribution is -0.121. The first-order chi connectivity index (χ1) is 16.5. The van der Waals surface area contributed by atoms with Crippen LogP contribution in [-0.4, -0.2) is 61.0 Å². The van der Waals surface area contributed by atoms with E-state index >= 15 is 0 Å². The van der Waals surface area contributed by atoms with Crippen molar-refractivity contribution in [3.05, 3.63) is 53.9 Å². The van der Waals surface area contributed by atoms with Crippen LogP contribution in [0.3, 0.4) is 0 Å². The number of aryl methyl sites for hydroxylation is 1. The minimum atomic E-state index is -0.305. The number of likely N-dealkylation sites (tertiary alicyclic amines) is 1. The Morgan fingerprint density at radius 2 is 2.15 bits per heavy atom. The van der Waals surface area contributed by atoms with Crippen molar-refractivity contribution >= 4 is 11.6 Å². The van der Waals surface area contributed by atoms with Gasteiger partial charge in [0, 0.05) is 24.3 Å². The van der Waals surface area contributed by atoms with Gasteiger partial charge in [0.15, 0.2) is 0 Å². The number of H-pyrrole nitrogens is 1. The second kappa shape index (κ2) is 9.38. The Morgan fingerprint density at radius 3 is 2.88 bits per heavy atom. The number of fused-ring (bicyclic) bond motifs is 1. The summed E-state index contributed by atoms with van der Waals surface area (Å²) in [6, 6.07) is 11.6. The van der Waals surface area contributed by atoms with Gasteiger partial charge in [-0.25, -0.2) is 0 Å². The molecule has 0 aliphatic carbocycles. The van der Waals surface area contributed by atoms with Gasteiger partial charge in [-0.05, 0) is 68.3 Å². The Bertz CT molecular complexity index is 1190. The molecule has 3 heterocycles. The van der Waals surface area contributed by atoms with E-state index in [9.17, 15) is 4.79 Å². The van der Waals surface area contributed by atoms with Crippen LogP contribution >= 0.6 is 0 Å². The summed E-state index contributed by atoms with van der Waals surface area (Å²) in [5, 5.41) is 10.2. The number of aromatic amines is 1. The van der Waals surface area contributed by atoms with E-state index in [0.717, 1.165) is 53.4 Å². The number of anilines is 1. The van der Waals surface area contributed by atoms with Crippen molar-refractivity contribution in [2.45, 2.75) is 25.9 Å². The lowest BCUT2D eigenvalue weighted by Crippen LogP contribution is -2.33. The van der Waals surface area contributed by atoms with Crippen LogP contribution in [0.25, 0.3) is 11.1 Å². The summed E-state index contributed by atoms with van der Waals surface area (Å²) in [4.78, 5) is 15.5. The third-order valence-electron chi connectivity index (χ3n) is 6.57. The van der Waals surface area contributed by atoms with Gasteiger partial charge in [0.25, 0.3) is 0 Å². The molecule has 8 heteroatoms. The molecule has 2 aliphatic heterocycles. The third-order valence-corrected chi connectivity index (χ3v) is 6.57. The second-order valence-electron chi connectivity index (χ2n) is 9.09. The van der Waals surface area contributed by atoms with E-state index in [2.05, 4.69) is 27.5 Å². The van der Waals surface area contributed by atoms with Crippen LogP contribution in [0.2, 0.25) is 0 Å². The summed E-state index contributed by atoms with van der Waals surface area (Å²) in [6.07, 6.45) is 3.43. The van der Waals surface area contributed by atoms with Crippen LogP contribution in [0, 0.1) is 12.8 Å². The number of rotatable bonds is 6. The maximum absolute atomic E-state index is 13.2. The highest BCUT2D eigenvalue weighted by Crippen LogP contribution is 2.35. The van der Waals surface area contributed by atoms with Crippen molar-refractivity contribution in [1.82, 2.24) is 15.1 Å². The maximum atomic E-state index is 13.2. The molecule has 5 rings (SSSR count). The number of carbonyl (C=O) groups is 1.